The minimum absolute atomic E-state index is 0.0136. The van der Waals surface area contributed by atoms with Crippen molar-refractivity contribution in [1.29, 1.82) is 0 Å². The van der Waals surface area contributed by atoms with Crippen LogP contribution in [-0.2, 0) is 9.53 Å². The Labute approximate surface area is 239 Å². The molecule has 0 spiro atoms. The van der Waals surface area contributed by atoms with Crippen molar-refractivity contribution in [2.45, 2.75) is 82.6 Å². The number of hydrogen-bond donors (Lipinski definition) is 2. The second kappa shape index (κ2) is 11.1. The molecule has 6 aliphatic rings. The Morgan fingerprint density at radius 1 is 1.10 bits per heavy atom. The number of hydrazine groups is 1. The maximum absolute atomic E-state index is 14.4. The van der Waals surface area contributed by atoms with E-state index < -0.39 is 48.2 Å². The van der Waals surface area contributed by atoms with E-state index in [-0.39, 0.29) is 43.0 Å². The molecular formula is C29H46F5N5O2. The molecule has 6 fully saturated rings. The summed E-state index contributed by atoms with van der Waals surface area (Å²) < 4.78 is 77.7. The number of hydrogen-bond acceptors (Lipinski definition) is 6. The molecule has 8 atom stereocenters. The molecule has 41 heavy (non-hydrogen) atoms. The fourth-order valence-corrected chi connectivity index (χ4v) is 9.00. The summed E-state index contributed by atoms with van der Waals surface area (Å²) in [5.74, 6) is -6.73. The van der Waals surface area contributed by atoms with Crippen LogP contribution in [0.3, 0.4) is 0 Å². The van der Waals surface area contributed by atoms with Crippen molar-refractivity contribution >= 4 is 5.91 Å². The maximum atomic E-state index is 14.4. The molecule has 2 saturated carbocycles. The Kier molecular flexibility index (Phi) is 8.13. The van der Waals surface area contributed by atoms with Crippen molar-refractivity contribution in [3.63, 3.8) is 0 Å². The average Bonchev–Trinajstić information content (AvgIpc) is 3.45. The molecule has 0 aromatic rings. The van der Waals surface area contributed by atoms with Crippen LogP contribution in [0.4, 0.5) is 22.0 Å². The third-order valence-corrected chi connectivity index (χ3v) is 11.6. The molecule has 4 aliphatic heterocycles. The Morgan fingerprint density at radius 3 is 2.51 bits per heavy atom. The van der Waals surface area contributed by atoms with Gasteiger partial charge in [0.05, 0.1) is 38.5 Å². The predicted molar refractivity (Wildman–Crippen MR) is 142 cm³/mol. The van der Waals surface area contributed by atoms with Gasteiger partial charge in [0.15, 0.2) is 0 Å². The van der Waals surface area contributed by atoms with Gasteiger partial charge in [0.2, 0.25) is 5.91 Å². The Morgan fingerprint density at radius 2 is 1.88 bits per heavy atom. The number of fused-ring (bicyclic) bond motifs is 1. The molecule has 2 aliphatic carbocycles. The van der Waals surface area contributed by atoms with Crippen LogP contribution in [-0.4, -0.2) is 98.0 Å². The van der Waals surface area contributed by atoms with Crippen molar-refractivity contribution in [2.75, 3.05) is 53.1 Å². The SMILES string of the molecule is CC1CCN(CC2CC3C(=O)N(C4CCCC(C5(CC6NNCN6C)COC5)C4)CC3C(C(F)(F)F)C2)CC1(F)F. The van der Waals surface area contributed by atoms with E-state index >= 15 is 0 Å². The quantitative estimate of drug-likeness (QED) is 0.457. The van der Waals surface area contributed by atoms with Gasteiger partial charge in [0.1, 0.15) is 0 Å². The molecule has 6 rings (SSSR count). The van der Waals surface area contributed by atoms with Gasteiger partial charge in [0, 0.05) is 36.4 Å². The molecule has 2 N–H and O–H groups in total. The number of carbonyl (C=O) groups excluding carboxylic acids is 1. The second-order valence-corrected chi connectivity index (χ2v) is 14.3. The Bertz CT molecular complexity index is 964. The van der Waals surface area contributed by atoms with Crippen LogP contribution in [0.1, 0.15) is 58.3 Å². The fourth-order valence-electron chi connectivity index (χ4n) is 9.00. The number of ether oxygens (including phenoxy) is 1. The van der Waals surface area contributed by atoms with E-state index in [4.69, 9.17) is 4.74 Å². The van der Waals surface area contributed by atoms with Gasteiger partial charge in [-0.05, 0) is 76.3 Å². The van der Waals surface area contributed by atoms with Crippen LogP contribution in [0.15, 0.2) is 0 Å². The molecule has 0 aromatic heterocycles. The number of alkyl halides is 5. The zero-order valence-corrected chi connectivity index (χ0v) is 24.3. The van der Waals surface area contributed by atoms with Crippen molar-refractivity contribution in [3.8, 4) is 0 Å². The number of amides is 1. The third kappa shape index (κ3) is 5.77. The molecule has 0 aromatic carbocycles. The van der Waals surface area contributed by atoms with Crippen LogP contribution in [0.25, 0.3) is 0 Å². The van der Waals surface area contributed by atoms with Gasteiger partial charge in [-0.1, -0.05) is 13.3 Å². The molecule has 0 bridgehead atoms. The van der Waals surface area contributed by atoms with Crippen molar-refractivity contribution in [1.82, 2.24) is 25.6 Å². The summed E-state index contributed by atoms with van der Waals surface area (Å²) >= 11 is 0. The first-order valence-electron chi connectivity index (χ1n) is 15.6. The highest BCUT2D eigenvalue weighted by molar-refractivity contribution is 5.82. The lowest BCUT2D eigenvalue weighted by atomic mass is 9.64. The van der Waals surface area contributed by atoms with Crippen LogP contribution in [0.5, 0.6) is 0 Å². The van der Waals surface area contributed by atoms with Gasteiger partial charge < -0.3 is 9.64 Å². The van der Waals surface area contributed by atoms with Crippen molar-refractivity contribution < 1.29 is 31.5 Å². The molecule has 234 valence electrons. The molecule has 8 unspecified atom stereocenters. The largest absolute Gasteiger partial charge is 0.392 e. The number of piperidine rings is 1. The standard InChI is InChI=1S/C29H46F5N5O2/c1-18-6-7-38(14-28(18,30)31)12-19-8-22-23(24(9-19)29(32,33)34)13-39(26(22)40)21-5-3-4-20(10-21)27(15-41-16-27)11-25-36-35-17-37(25)2/h18-25,35-36H,3-17H2,1-2H3. The lowest BCUT2D eigenvalue weighted by molar-refractivity contribution is -0.205. The van der Waals surface area contributed by atoms with Crippen molar-refractivity contribution in [2.24, 2.45) is 40.9 Å². The van der Waals surface area contributed by atoms with E-state index in [0.29, 0.717) is 38.5 Å². The van der Waals surface area contributed by atoms with Crippen LogP contribution in [0.2, 0.25) is 0 Å². The molecule has 0 radical (unpaired) electrons. The van der Waals surface area contributed by atoms with Crippen LogP contribution in [0, 0.1) is 40.9 Å². The van der Waals surface area contributed by atoms with E-state index in [1.807, 2.05) is 0 Å². The molecule has 4 heterocycles. The van der Waals surface area contributed by atoms with E-state index in [1.54, 1.807) is 9.80 Å². The molecule has 4 saturated heterocycles. The first kappa shape index (κ1) is 30.0. The topological polar surface area (TPSA) is 60.1 Å². The minimum Gasteiger partial charge on any atom is -0.380 e. The van der Waals surface area contributed by atoms with Crippen LogP contribution < -0.4 is 10.9 Å². The van der Waals surface area contributed by atoms with Gasteiger partial charge in [-0.2, -0.15) is 13.2 Å². The summed E-state index contributed by atoms with van der Waals surface area (Å²) in [7, 11) is 2.07. The highest BCUT2D eigenvalue weighted by Crippen LogP contribution is 2.53. The van der Waals surface area contributed by atoms with E-state index in [2.05, 4.69) is 22.8 Å². The van der Waals surface area contributed by atoms with Crippen molar-refractivity contribution in [3.05, 3.63) is 0 Å². The predicted octanol–water partition coefficient (Wildman–Crippen LogP) is 3.92. The minimum atomic E-state index is -4.41. The van der Waals surface area contributed by atoms with Gasteiger partial charge in [-0.3, -0.25) is 14.6 Å². The van der Waals surface area contributed by atoms with E-state index in [9.17, 15) is 26.7 Å². The summed E-state index contributed by atoms with van der Waals surface area (Å²) in [6.45, 7) is 4.09. The molecule has 12 heteroatoms. The Balaban J connectivity index is 1.14. The summed E-state index contributed by atoms with van der Waals surface area (Å²) in [5.41, 5.74) is 6.54. The number of halogens is 5. The number of nitrogens with one attached hydrogen (secondary N) is 2. The maximum Gasteiger partial charge on any atom is 0.392 e. The monoisotopic (exact) mass is 591 g/mol. The third-order valence-electron chi connectivity index (χ3n) is 11.6. The normalized spacial score (nSPS) is 41.8. The number of carbonyl (C=O) groups is 1. The number of rotatable bonds is 6. The first-order valence-corrected chi connectivity index (χ1v) is 15.6. The van der Waals surface area contributed by atoms with Gasteiger partial charge >= 0.3 is 6.18 Å². The fraction of sp³-hybridized carbons (Fsp3) is 0.966. The van der Waals surface area contributed by atoms with E-state index in [0.717, 1.165) is 38.8 Å². The summed E-state index contributed by atoms with van der Waals surface area (Å²) in [4.78, 5) is 19.5. The zero-order chi connectivity index (χ0) is 29.2. The van der Waals surface area contributed by atoms with E-state index in [1.165, 1.54) is 6.92 Å². The second-order valence-electron chi connectivity index (χ2n) is 14.3. The van der Waals surface area contributed by atoms with Gasteiger partial charge in [-0.25, -0.2) is 19.6 Å². The highest BCUT2D eigenvalue weighted by atomic mass is 19.4. The molecule has 1 amide bonds. The summed E-state index contributed by atoms with van der Waals surface area (Å²) in [6, 6.07) is -0.0497. The molecule has 7 nitrogen and oxygen atoms in total. The molecular weight excluding hydrogens is 545 g/mol. The first-order chi connectivity index (χ1) is 19.4. The lowest BCUT2D eigenvalue weighted by Crippen LogP contribution is -2.56. The highest BCUT2D eigenvalue weighted by Gasteiger charge is 2.59. The van der Waals surface area contributed by atoms with Gasteiger partial charge in [-0.15, -0.1) is 0 Å². The lowest BCUT2D eigenvalue weighted by Gasteiger charge is -2.52. The Hall–Kier alpha value is -1.08. The number of likely N-dealkylation sites (tertiary alicyclic amines) is 2. The zero-order valence-electron chi connectivity index (χ0n) is 24.3. The van der Waals surface area contributed by atoms with Gasteiger partial charge in [0.25, 0.3) is 5.92 Å². The van der Waals surface area contributed by atoms with Crippen LogP contribution >= 0.6 is 0 Å². The summed E-state index contributed by atoms with van der Waals surface area (Å²) in [5, 5.41) is 0. The average molecular weight is 592 g/mol. The number of nitrogens with zero attached hydrogens (tertiary/aromatic N) is 3. The smallest absolute Gasteiger partial charge is 0.380 e. The summed E-state index contributed by atoms with van der Waals surface area (Å²) in [6.07, 6.45) is 0.970.